The van der Waals surface area contributed by atoms with Crippen LogP contribution in [0.4, 0.5) is 4.39 Å². The van der Waals surface area contributed by atoms with E-state index in [2.05, 4.69) is 10.3 Å². The fourth-order valence-corrected chi connectivity index (χ4v) is 2.24. The zero-order valence-corrected chi connectivity index (χ0v) is 12.1. The third-order valence-electron chi connectivity index (χ3n) is 3.27. The maximum Gasteiger partial charge on any atom is 0.358 e. The van der Waals surface area contributed by atoms with E-state index in [0.717, 1.165) is 0 Å². The number of nitrogens with zero attached hydrogens (tertiary/aromatic N) is 3. The third-order valence-corrected chi connectivity index (χ3v) is 3.27. The van der Waals surface area contributed by atoms with Crippen molar-refractivity contribution in [1.29, 1.82) is 0 Å². The predicted molar refractivity (Wildman–Crippen MR) is 80.3 cm³/mol. The van der Waals surface area contributed by atoms with E-state index in [1.165, 1.54) is 30.0 Å². The van der Waals surface area contributed by atoms with Crippen LogP contribution < -0.4 is 4.74 Å². The van der Waals surface area contributed by atoms with Crippen LogP contribution in [0.5, 0.6) is 5.75 Å². The largest absolute Gasteiger partial charge is 0.497 e. The molecule has 0 amide bonds. The van der Waals surface area contributed by atoms with Crippen molar-refractivity contribution in [1.82, 2.24) is 15.0 Å². The van der Waals surface area contributed by atoms with Crippen LogP contribution in [0.3, 0.4) is 0 Å². The molecule has 3 rings (SSSR count). The number of carbonyl (C=O) groups is 1. The number of aromatic carboxylic acids is 1. The molecule has 1 aromatic heterocycles. The summed E-state index contributed by atoms with van der Waals surface area (Å²) in [6.45, 7) is 0. The molecule has 6 nitrogen and oxygen atoms in total. The zero-order chi connectivity index (χ0) is 16.4. The Morgan fingerprint density at radius 3 is 2.70 bits per heavy atom. The molecular weight excluding hydrogens is 301 g/mol. The summed E-state index contributed by atoms with van der Waals surface area (Å²) in [5.74, 6) is -1.13. The Balaban J connectivity index is 2.24. The Hall–Kier alpha value is -3.22. The monoisotopic (exact) mass is 313 g/mol. The van der Waals surface area contributed by atoms with Gasteiger partial charge in [0.15, 0.2) is 5.69 Å². The van der Waals surface area contributed by atoms with Gasteiger partial charge in [0.1, 0.15) is 17.3 Å². The van der Waals surface area contributed by atoms with Crippen molar-refractivity contribution >= 4 is 5.97 Å². The van der Waals surface area contributed by atoms with Crippen molar-refractivity contribution in [2.45, 2.75) is 0 Å². The molecule has 7 heteroatoms. The van der Waals surface area contributed by atoms with Crippen LogP contribution in [0.15, 0.2) is 48.5 Å². The molecule has 0 atom stereocenters. The first kappa shape index (κ1) is 14.7. The van der Waals surface area contributed by atoms with Crippen molar-refractivity contribution in [2.75, 3.05) is 7.11 Å². The molecule has 0 aliphatic heterocycles. The number of carboxylic acids is 1. The molecule has 0 spiro atoms. The van der Waals surface area contributed by atoms with Gasteiger partial charge in [-0.15, -0.1) is 5.10 Å². The lowest BCUT2D eigenvalue weighted by atomic mass is 10.1. The van der Waals surface area contributed by atoms with Crippen molar-refractivity contribution < 1.29 is 19.0 Å². The first-order valence-corrected chi connectivity index (χ1v) is 6.69. The van der Waals surface area contributed by atoms with Crippen molar-refractivity contribution in [3.05, 3.63) is 60.0 Å². The smallest absolute Gasteiger partial charge is 0.358 e. The minimum atomic E-state index is -1.24. The molecule has 0 saturated carbocycles. The van der Waals surface area contributed by atoms with Gasteiger partial charge >= 0.3 is 5.97 Å². The molecule has 0 aliphatic carbocycles. The number of benzene rings is 2. The molecule has 0 fully saturated rings. The number of halogens is 1. The third kappa shape index (κ3) is 2.76. The highest BCUT2D eigenvalue weighted by Crippen LogP contribution is 2.27. The van der Waals surface area contributed by atoms with E-state index in [1.807, 2.05) is 0 Å². The maximum atomic E-state index is 13.5. The van der Waals surface area contributed by atoms with Crippen LogP contribution in [-0.4, -0.2) is 33.2 Å². The second kappa shape index (κ2) is 5.88. The van der Waals surface area contributed by atoms with E-state index in [0.29, 0.717) is 17.0 Å². The molecule has 1 N–H and O–H groups in total. The normalized spacial score (nSPS) is 10.5. The Labute approximate surface area is 130 Å². The van der Waals surface area contributed by atoms with E-state index in [9.17, 15) is 14.3 Å². The molecule has 0 bridgehead atoms. The molecule has 0 saturated heterocycles. The van der Waals surface area contributed by atoms with E-state index < -0.39 is 11.8 Å². The van der Waals surface area contributed by atoms with Gasteiger partial charge in [-0.05, 0) is 24.3 Å². The van der Waals surface area contributed by atoms with Gasteiger partial charge in [-0.2, -0.15) is 0 Å². The molecule has 0 unspecified atom stereocenters. The number of methoxy groups -OCH3 is 1. The average Bonchev–Trinajstić information content (AvgIpc) is 3.00. The number of hydrogen-bond donors (Lipinski definition) is 1. The van der Waals surface area contributed by atoms with E-state index >= 15 is 0 Å². The van der Waals surface area contributed by atoms with Crippen LogP contribution >= 0.6 is 0 Å². The summed E-state index contributed by atoms with van der Waals surface area (Å²) in [6.07, 6.45) is 0. The summed E-state index contributed by atoms with van der Waals surface area (Å²) in [6, 6.07) is 12.5. The fourth-order valence-electron chi connectivity index (χ4n) is 2.24. The lowest BCUT2D eigenvalue weighted by molar-refractivity contribution is 0.0691. The fraction of sp³-hybridized carbons (Fsp3) is 0.0625. The molecular formula is C16H12FN3O3. The standard InChI is InChI=1S/C16H12FN3O3/c1-23-13-7-3-6-12(9-13)20-15(14(16(21)22)18-19-20)10-4-2-5-11(17)8-10/h2-9H,1H3,(H,21,22). The van der Waals surface area contributed by atoms with Crippen LogP contribution in [0, 0.1) is 5.82 Å². The van der Waals surface area contributed by atoms with Gasteiger partial charge in [-0.25, -0.2) is 13.9 Å². The number of aromatic nitrogens is 3. The summed E-state index contributed by atoms with van der Waals surface area (Å²) in [5, 5.41) is 16.9. The highest BCUT2D eigenvalue weighted by atomic mass is 19.1. The molecule has 1 heterocycles. The molecule has 0 aliphatic rings. The minimum Gasteiger partial charge on any atom is -0.497 e. The number of hydrogen-bond acceptors (Lipinski definition) is 4. The summed E-state index contributed by atoms with van der Waals surface area (Å²) in [5.41, 5.74) is 0.877. The van der Waals surface area contributed by atoms with Gasteiger partial charge in [-0.3, -0.25) is 0 Å². The average molecular weight is 313 g/mol. The summed E-state index contributed by atoms with van der Waals surface area (Å²) < 4.78 is 20.0. The Kier molecular flexibility index (Phi) is 3.76. The highest BCUT2D eigenvalue weighted by molar-refractivity contribution is 5.93. The van der Waals surface area contributed by atoms with Crippen LogP contribution in [0.1, 0.15) is 10.5 Å². The molecule has 3 aromatic rings. The first-order chi connectivity index (χ1) is 11.1. The molecule has 2 aromatic carbocycles. The van der Waals surface area contributed by atoms with Crippen molar-refractivity contribution in [3.8, 4) is 22.7 Å². The number of carboxylic acid groups (broad SMARTS) is 1. The lowest BCUT2D eigenvalue weighted by Crippen LogP contribution is -2.03. The van der Waals surface area contributed by atoms with E-state index in [4.69, 9.17) is 4.74 Å². The van der Waals surface area contributed by atoms with Gasteiger partial charge < -0.3 is 9.84 Å². The number of ether oxygens (including phenoxy) is 1. The van der Waals surface area contributed by atoms with Gasteiger partial charge in [-0.1, -0.05) is 23.4 Å². The minimum absolute atomic E-state index is 0.199. The maximum absolute atomic E-state index is 13.5. The van der Waals surface area contributed by atoms with Crippen LogP contribution in [0.25, 0.3) is 16.9 Å². The van der Waals surface area contributed by atoms with Crippen LogP contribution in [-0.2, 0) is 0 Å². The van der Waals surface area contributed by atoms with Gasteiger partial charge in [0, 0.05) is 11.6 Å². The van der Waals surface area contributed by atoms with E-state index in [-0.39, 0.29) is 11.4 Å². The van der Waals surface area contributed by atoms with E-state index in [1.54, 1.807) is 30.3 Å². The quantitative estimate of drug-likeness (QED) is 0.801. The second-order valence-corrected chi connectivity index (χ2v) is 4.72. The first-order valence-electron chi connectivity index (χ1n) is 6.69. The lowest BCUT2D eigenvalue weighted by Gasteiger charge is -2.09. The highest BCUT2D eigenvalue weighted by Gasteiger charge is 2.22. The predicted octanol–water partition coefficient (Wildman–Crippen LogP) is 2.78. The Morgan fingerprint density at radius 2 is 2.00 bits per heavy atom. The summed E-state index contributed by atoms with van der Waals surface area (Å²) in [4.78, 5) is 11.4. The molecule has 116 valence electrons. The zero-order valence-electron chi connectivity index (χ0n) is 12.1. The van der Waals surface area contributed by atoms with Crippen molar-refractivity contribution in [3.63, 3.8) is 0 Å². The Bertz CT molecular complexity index is 877. The molecule has 0 radical (unpaired) electrons. The Morgan fingerprint density at radius 1 is 1.22 bits per heavy atom. The summed E-state index contributed by atoms with van der Waals surface area (Å²) in [7, 11) is 1.52. The van der Waals surface area contributed by atoms with Crippen molar-refractivity contribution in [2.24, 2.45) is 0 Å². The van der Waals surface area contributed by atoms with Crippen LogP contribution in [0.2, 0.25) is 0 Å². The van der Waals surface area contributed by atoms with Gasteiger partial charge in [0.25, 0.3) is 0 Å². The van der Waals surface area contributed by atoms with Gasteiger partial charge in [0.2, 0.25) is 0 Å². The second-order valence-electron chi connectivity index (χ2n) is 4.72. The summed E-state index contributed by atoms with van der Waals surface area (Å²) >= 11 is 0. The van der Waals surface area contributed by atoms with Gasteiger partial charge in [0.05, 0.1) is 12.8 Å². The molecule has 23 heavy (non-hydrogen) atoms. The SMILES string of the molecule is COc1cccc(-n2nnc(C(=O)O)c2-c2cccc(F)c2)c1. The number of rotatable bonds is 4. The topological polar surface area (TPSA) is 77.2 Å².